The topological polar surface area (TPSA) is 36.9 Å². The van der Waals surface area contributed by atoms with Crippen molar-refractivity contribution in [1.82, 2.24) is 0 Å². The normalized spacial score (nSPS) is 12.4. The lowest BCUT2D eigenvalue weighted by Gasteiger charge is -2.18. The Bertz CT molecular complexity index is 908. The van der Waals surface area contributed by atoms with Crippen LogP contribution in [0.1, 0.15) is 36.1 Å². The van der Waals surface area contributed by atoms with E-state index in [9.17, 15) is 26.3 Å². The van der Waals surface area contributed by atoms with E-state index in [1.807, 2.05) is 0 Å². The molecule has 4 nitrogen and oxygen atoms in total. The summed E-state index contributed by atoms with van der Waals surface area (Å²) >= 11 is 7.04. The highest BCUT2D eigenvalue weighted by Crippen LogP contribution is 2.43. The minimum atomic E-state index is -4.71. The third kappa shape index (κ3) is 9.20. The molecule has 0 amide bonds. The van der Waals surface area contributed by atoms with Gasteiger partial charge in [-0.3, -0.25) is 0 Å². The molecule has 13 heteroatoms. The molecule has 2 aromatic rings. The maximum Gasteiger partial charge on any atom is 0.416 e. The van der Waals surface area contributed by atoms with Gasteiger partial charge in [0, 0.05) is 43.1 Å². The second kappa shape index (κ2) is 13.6. The number of rotatable bonds is 12. The molecule has 0 heterocycles. The van der Waals surface area contributed by atoms with Crippen LogP contribution in [0.4, 0.5) is 26.3 Å². The lowest BCUT2D eigenvalue weighted by atomic mass is 10.1. The van der Waals surface area contributed by atoms with Crippen LogP contribution in [0, 0.1) is 0 Å². The van der Waals surface area contributed by atoms with E-state index < -0.39 is 23.5 Å². The van der Waals surface area contributed by atoms with Crippen molar-refractivity contribution in [1.29, 1.82) is 0 Å². The van der Waals surface area contributed by atoms with Gasteiger partial charge in [0.1, 0.15) is 13.6 Å². The van der Waals surface area contributed by atoms with Crippen LogP contribution < -0.4 is 0 Å². The van der Waals surface area contributed by atoms with Crippen LogP contribution in [0.25, 0.3) is 0 Å². The van der Waals surface area contributed by atoms with Gasteiger partial charge in [-0.2, -0.15) is 26.3 Å². The summed E-state index contributed by atoms with van der Waals surface area (Å²) in [5.41, 5.74) is -2.19. The summed E-state index contributed by atoms with van der Waals surface area (Å²) in [6.45, 7) is 3.05. The van der Waals surface area contributed by atoms with E-state index in [0.717, 1.165) is 23.9 Å². The molecular formula is C22H22Br2F6O4S. The fourth-order valence-corrected chi connectivity index (χ4v) is 5.28. The number of ether oxygens (including phenoxy) is 4. The van der Waals surface area contributed by atoms with Gasteiger partial charge in [-0.05, 0) is 38.1 Å². The average Bonchev–Trinajstić information content (AvgIpc) is 2.74. The Balaban J connectivity index is 2.39. The standard InChI is InChI=1S/C22H22Br2F6O4S/c1-3-31-11-33-9-15-17(21(25,26)27)5-13(7-19(15)23)35-14-6-18(22(28,29)30)16(20(24)8-14)10-34-12-32-4-2/h5-8H,3-4,9-12H2,1-2H3. The molecule has 2 rings (SSSR count). The predicted molar refractivity (Wildman–Crippen MR) is 125 cm³/mol. The van der Waals surface area contributed by atoms with Crippen molar-refractivity contribution in [3.8, 4) is 0 Å². The third-order valence-electron chi connectivity index (χ3n) is 4.42. The minimum Gasteiger partial charge on any atom is -0.356 e. The minimum absolute atomic E-state index is 0.0955. The van der Waals surface area contributed by atoms with E-state index in [4.69, 9.17) is 18.9 Å². The van der Waals surface area contributed by atoms with E-state index in [0.29, 0.717) is 13.2 Å². The van der Waals surface area contributed by atoms with Gasteiger partial charge < -0.3 is 18.9 Å². The summed E-state index contributed by atoms with van der Waals surface area (Å²) in [5.74, 6) is 0. The van der Waals surface area contributed by atoms with Crippen LogP contribution in [0.5, 0.6) is 0 Å². The lowest BCUT2D eigenvalue weighted by Crippen LogP contribution is -2.12. The number of alkyl halides is 6. The number of halogens is 8. The van der Waals surface area contributed by atoms with Crippen molar-refractivity contribution in [3.63, 3.8) is 0 Å². The summed E-state index contributed by atoms with van der Waals surface area (Å²) < 4.78 is 103. The Labute approximate surface area is 219 Å². The number of hydrogen-bond acceptors (Lipinski definition) is 5. The summed E-state index contributed by atoms with van der Waals surface area (Å²) in [7, 11) is 0. The zero-order chi connectivity index (χ0) is 26.2. The van der Waals surface area contributed by atoms with Gasteiger partial charge in [0.05, 0.1) is 24.3 Å². The first kappa shape index (κ1) is 30.4. The molecule has 0 atom stereocenters. The highest BCUT2D eigenvalue weighted by atomic mass is 79.9. The monoisotopic (exact) mass is 654 g/mol. The Morgan fingerprint density at radius 3 is 1.34 bits per heavy atom. The molecule has 0 aromatic heterocycles. The predicted octanol–water partition coefficient (Wildman–Crippen LogP) is 8.42. The zero-order valence-corrected chi connectivity index (χ0v) is 22.6. The summed E-state index contributed by atoms with van der Waals surface area (Å²) in [6.07, 6.45) is -9.41. The fraction of sp³-hybridized carbons (Fsp3) is 0.455. The van der Waals surface area contributed by atoms with Crippen molar-refractivity contribution < 1.29 is 45.3 Å². The molecule has 0 aliphatic carbocycles. The smallest absolute Gasteiger partial charge is 0.356 e. The molecule has 0 aliphatic rings. The van der Waals surface area contributed by atoms with E-state index in [1.165, 1.54) is 12.1 Å². The molecular weight excluding hydrogens is 634 g/mol. The van der Waals surface area contributed by atoms with Crippen LogP contribution in [0.3, 0.4) is 0 Å². The van der Waals surface area contributed by atoms with Gasteiger partial charge >= 0.3 is 12.4 Å². The number of hydrogen-bond donors (Lipinski definition) is 0. The van der Waals surface area contributed by atoms with Crippen molar-refractivity contribution in [2.45, 2.75) is 49.2 Å². The van der Waals surface area contributed by atoms with E-state index in [-0.39, 0.29) is 56.7 Å². The largest absolute Gasteiger partial charge is 0.416 e. The highest BCUT2D eigenvalue weighted by molar-refractivity contribution is 9.10. The molecule has 0 saturated heterocycles. The summed E-state index contributed by atoms with van der Waals surface area (Å²) in [4.78, 5) is 0.191. The van der Waals surface area contributed by atoms with Crippen molar-refractivity contribution in [2.24, 2.45) is 0 Å². The molecule has 0 aliphatic heterocycles. The Hall–Kier alpha value is -0.830. The molecule has 35 heavy (non-hydrogen) atoms. The van der Waals surface area contributed by atoms with Crippen molar-refractivity contribution >= 4 is 43.6 Å². The Morgan fingerprint density at radius 2 is 1.03 bits per heavy atom. The van der Waals surface area contributed by atoms with Gasteiger partial charge in [-0.25, -0.2) is 0 Å². The zero-order valence-electron chi connectivity index (χ0n) is 18.6. The van der Waals surface area contributed by atoms with Gasteiger partial charge in [-0.15, -0.1) is 0 Å². The molecule has 0 saturated carbocycles. The fourth-order valence-electron chi connectivity index (χ4n) is 2.85. The number of benzene rings is 2. The Kier molecular flexibility index (Phi) is 11.8. The molecule has 0 radical (unpaired) electrons. The van der Waals surface area contributed by atoms with E-state index >= 15 is 0 Å². The maximum atomic E-state index is 13.7. The van der Waals surface area contributed by atoms with Crippen LogP contribution >= 0.6 is 43.6 Å². The van der Waals surface area contributed by atoms with Gasteiger partial charge in [0.2, 0.25) is 0 Å². The molecule has 0 N–H and O–H groups in total. The first-order chi connectivity index (χ1) is 16.4. The van der Waals surface area contributed by atoms with Crippen LogP contribution in [0.2, 0.25) is 0 Å². The van der Waals surface area contributed by atoms with Crippen LogP contribution in [0.15, 0.2) is 43.0 Å². The average molecular weight is 656 g/mol. The van der Waals surface area contributed by atoms with E-state index in [1.54, 1.807) is 13.8 Å². The first-order valence-corrected chi connectivity index (χ1v) is 12.6. The highest BCUT2D eigenvalue weighted by Gasteiger charge is 2.36. The second-order valence-corrected chi connectivity index (χ2v) is 9.73. The molecule has 0 unspecified atom stereocenters. The van der Waals surface area contributed by atoms with Crippen molar-refractivity contribution in [3.05, 3.63) is 55.5 Å². The molecule has 0 bridgehead atoms. The molecule has 0 fully saturated rings. The third-order valence-corrected chi connectivity index (χ3v) is 6.78. The van der Waals surface area contributed by atoms with E-state index in [2.05, 4.69) is 31.9 Å². The van der Waals surface area contributed by atoms with Crippen molar-refractivity contribution in [2.75, 3.05) is 26.8 Å². The first-order valence-electron chi connectivity index (χ1n) is 10.2. The lowest BCUT2D eigenvalue weighted by molar-refractivity contribution is -0.140. The SMILES string of the molecule is CCOCOCc1c(Br)cc(Sc2cc(Br)c(COCOCC)c(C(F)(F)F)c2)cc1C(F)(F)F. The molecule has 2 aromatic carbocycles. The molecule has 196 valence electrons. The quantitative estimate of drug-likeness (QED) is 0.130. The van der Waals surface area contributed by atoms with Gasteiger partial charge in [0.25, 0.3) is 0 Å². The van der Waals surface area contributed by atoms with Gasteiger partial charge in [-0.1, -0.05) is 43.6 Å². The molecule has 0 spiro atoms. The second-order valence-electron chi connectivity index (χ2n) is 6.88. The van der Waals surface area contributed by atoms with Gasteiger partial charge in [0.15, 0.2) is 0 Å². The Morgan fingerprint density at radius 1 is 0.657 bits per heavy atom. The summed E-state index contributed by atoms with van der Waals surface area (Å²) in [5, 5.41) is 0. The van der Waals surface area contributed by atoms with Crippen LogP contribution in [-0.4, -0.2) is 26.8 Å². The van der Waals surface area contributed by atoms with Crippen LogP contribution in [-0.2, 0) is 44.5 Å². The maximum absolute atomic E-state index is 13.7. The summed E-state index contributed by atoms with van der Waals surface area (Å²) in [6, 6.07) is 4.57.